The molecule has 0 saturated carbocycles. The Balaban J connectivity index is 2.26. The summed E-state index contributed by atoms with van der Waals surface area (Å²) < 4.78 is 36.9. The van der Waals surface area contributed by atoms with E-state index in [0.717, 1.165) is 25.9 Å². The van der Waals surface area contributed by atoms with E-state index in [1.165, 1.54) is 7.05 Å². The molecule has 0 aliphatic carbocycles. The number of alkyl halides is 3. The van der Waals surface area contributed by atoms with Crippen LogP contribution in [0.4, 0.5) is 13.2 Å². The van der Waals surface area contributed by atoms with Gasteiger partial charge in [-0.2, -0.15) is 13.2 Å². The molecule has 0 radical (unpaired) electrons. The van der Waals surface area contributed by atoms with Crippen LogP contribution in [0.25, 0.3) is 0 Å². The zero-order valence-electron chi connectivity index (χ0n) is 8.40. The molecule has 0 aromatic rings. The van der Waals surface area contributed by atoms with Gasteiger partial charge in [-0.1, -0.05) is 0 Å². The number of nitrogens with one attached hydrogen (secondary N) is 1. The van der Waals surface area contributed by atoms with Gasteiger partial charge in [0.2, 0.25) is 0 Å². The van der Waals surface area contributed by atoms with E-state index in [2.05, 4.69) is 10.2 Å². The van der Waals surface area contributed by atoms with Gasteiger partial charge in [0, 0.05) is 0 Å². The van der Waals surface area contributed by atoms with Crippen LogP contribution < -0.4 is 5.32 Å². The highest BCUT2D eigenvalue weighted by molar-refractivity contribution is 4.76. The number of nitrogens with zero attached hydrogens (tertiary/aromatic N) is 1. The van der Waals surface area contributed by atoms with Crippen molar-refractivity contribution in [2.45, 2.75) is 31.5 Å². The van der Waals surface area contributed by atoms with Crippen LogP contribution >= 0.6 is 0 Å². The number of halogens is 3. The van der Waals surface area contributed by atoms with Crippen molar-refractivity contribution in [1.29, 1.82) is 0 Å². The van der Waals surface area contributed by atoms with Crippen molar-refractivity contribution >= 4 is 0 Å². The molecule has 1 heterocycles. The summed E-state index contributed by atoms with van der Waals surface area (Å²) in [4.78, 5) is 2.09. The summed E-state index contributed by atoms with van der Waals surface area (Å²) in [6, 6.07) is -1.36. The molecule has 1 aliphatic rings. The number of hydrogen-bond donors (Lipinski definition) is 1. The first-order chi connectivity index (χ1) is 6.54. The quantitative estimate of drug-likeness (QED) is 0.758. The van der Waals surface area contributed by atoms with Crippen LogP contribution in [0.15, 0.2) is 0 Å². The largest absolute Gasteiger partial charge is 0.403 e. The zero-order chi connectivity index (χ0) is 10.6. The summed E-state index contributed by atoms with van der Waals surface area (Å²) in [6.45, 7) is 2.45. The smallest absolute Gasteiger partial charge is 0.309 e. The highest BCUT2D eigenvalue weighted by atomic mass is 19.4. The molecule has 1 fully saturated rings. The molecule has 1 aliphatic heterocycles. The molecule has 0 bridgehead atoms. The molecule has 1 atom stereocenters. The SMILES string of the molecule is CNC(CCN1CCCC1)C(F)(F)F. The summed E-state index contributed by atoms with van der Waals surface area (Å²) in [5.41, 5.74) is 0. The summed E-state index contributed by atoms with van der Waals surface area (Å²) in [7, 11) is 1.36. The third-order valence-corrected chi connectivity index (χ3v) is 2.68. The molecule has 0 aromatic heterocycles. The van der Waals surface area contributed by atoms with E-state index in [1.807, 2.05) is 0 Å². The minimum atomic E-state index is -4.12. The standard InChI is InChI=1S/C9H17F3N2/c1-13-8(9(10,11)12)4-7-14-5-2-3-6-14/h8,13H,2-7H2,1H3. The normalized spacial score (nSPS) is 21.4. The third-order valence-electron chi connectivity index (χ3n) is 2.68. The van der Waals surface area contributed by atoms with Gasteiger partial charge in [-0.3, -0.25) is 0 Å². The maximum atomic E-state index is 12.3. The molecule has 14 heavy (non-hydrogen) atoms. The van der Waals surface area contributed by atoms with Crippen molar-refractivity contribution in [3.63, 3.8) is 0 Å². The van der Waals surface area contributed by atoms with Crippen molar-refractivity contribution in [1.82, 2.24) is 10.2 Å². The third kappa shape index (κ3) is 3.46. The lowest BCUT2D eigenvalue weighted by atomic mass is 10.2. The fourth-order valence-corrected chi connectivity index (χ4v) is 1.79. The van der Waals surface area contributed by atoms with Crippen LogP contribution in [0.3, 0.4) is 0 Å². The van der Waals surface area contributed by atoms with Gasteiger partial charge >= 0.3 is 6.18 Å². The number of hydrogen-bond acceptors (Lipinski definition) is 2. The molecular weight excluding hydrogens is 193 g/mol. The molecule has 0 aromatic carbocycles. The van der Waals surface area contributed by atoms with Crippen LogP contribution in [-0.4, -0.2) is 43.8 Å². The van der Waals surface area contributed by atoms with Crippen LogP contribution in [0.1, 0.15) is 19.3 Å². The van der Waals surface area contributed by atoms with Gasteiger partial charge in [0.05, 0.1) is 0 Å². The monoisotopic (exact) mass is 210 g/mol. The minimum absolute atomic E-state index is 0.153. The lowest BCUT2D eigenvalue weighted by Gasteiger charge is -2.22. The van der Waals surface area contributed by atoms with E-state index in [-0.39, 0.29) is 6.42 Å². The van der Waals surface area contributed by atoms with Crippen molar-refractivity contribution < 1.29 is 13.2 Å². The predicted molar refractivity (Wildman–Crippen MR) is 49.2 cm³/mol. The fraction of sp³-hybridized carbons (Fsp3) is 1.00. The van der Waals surface area contributed by atoms with E-state index in [9.17, 15) is 13.2 Å². The maximum absolute atomic E-state index is 12.3. The molecule has 2 nitrogen and oxygen atoms in total. The molecular formula is C9H17F3N2. The molecule has 1 saturated heterocycles. The second-order valence-electron chi connectivity index (χ2n) is 3.72. The van der Waals surface area contributed by atoms with Crippen LogP contribution in [0.5, 0.6) is 0 Å². The lowest BCUT2D eigenvalue weighted by Crippen LogP contribution is -2.42. The maximum Gasteiger partial charge on any atom is 0.403 e. The van der Waals surface area contributed by atoms with Crippen molar-refractivity contribution in [2.75, 3.05) is 26.7 Å². The van der Waals surface area contributed by atoms with Crippen LogP contribution in [-0.2, 0) is 0 Å². The lowest BCUT2D eigenvalue weighted by molar-refractivity contribution is -0.156. The Morgan fingerprint density at radius 3 is 2.29 bits per heavy atom. The Hall–Kier alpha value is -0.290. The second kappa shape index (κ2) is 4.98. The molecule has 0 spiro atoms. The fourth-order valence-electron chi connectivity index (χ4n) is 1.79. The Morgan fingerprint density at radius 1 is 1.29 bits per heavy atom. The second-order valence-corrected chi connectivity index (χ2v) is 3.72. The van der Waals surface area contributed by atoms with Gasteiger partial charge in [0.1, 0.15) is 6.04 Å². The highest BCUT2D eigenvalue weighted by Gasteiger charge is 2.38. The average Bonchev–Trinajstić information content (AvgIpc) is 2.55. The summed E-state index contributed by atoms with van der Waals surface area (Å²) in [5, 5.41) is 2.31. The van der Waals surface area contributed by atoms with E-state index in [4.69, 9.17) is 0 Å². The molecule has 1 unspecified atom stereocenters. The highest BCUT2D eigenvalue weighted by Crippen LogP contribution is 2.22. The van der Waals surface area contributed by atoms with Gasteiger partial charge in [-0.25, -0.2) is 0 Å². The topological polar surface area (TPSA) is 15.3 Å². The molecule has 1 N–H and O–H groups in total. The zero-order valence-corrected chi connectivity index (χ0v) is 8.40. The Labute approximate surface area is 82.5 Å². The molecule has 0 amide bonds. The van der Waals surface area contributed by atoms with Crippen LogP contribution in [0, 0.1) is 0 Å². The van der Waals surface area contributed by atoms with E-state index in [0.29, 0.717) is 6.54 Å². The molecule has 84 valence electrons. The Kier molecular flexibility index (Phi) is 4.19. The minimum Gasteiger partial charge on any atom is -0.309 e. The van der Waals surface area contributed by atoms with Gasteiger partial charge in [-0.15, -0.1) is 0 Å². The van der Waals surface area contributed by atoms with Gasteiger partial charge in [-0.05, 0) is 45.9 Å². The van der Waals surface area contributed by atoms with Crippen molar-refractivity contribution in [2.24, 2.45) is 0 Å². The average molecular weight is 210 g/mol. The molecule has 5 heteroatoms. The first-order valence-electron chi connectivity index (χ1n) is 5.00. The van der Waals surface area contributed by atoms with Crippen molar-refractivity contribution in [3.05, 3.63) is 0 Å². The van der Waals surface area contributed by atoms with E-state index < -0.39 is 12.2 Å². The first kappa shape index (κ1) is 11.8. The number of rotatable bonds is 4. The first-order valence-corrected chi connectivity index (χ1v) is 5.00. The van der Waals surface area contributed by atoms with E-state index >= 15 is 0 Å². The Morgan fingerprint density at radius 2 is 1.86 bits per heavy atom. The van der Waals surface area contributed by atoms with Crippen LogP contribution in [0.2, 0.25) is 0 Å². The number of likely N-dealkylation sites (tertiary alicyclic amines) is 1. The molecule has 1 rings (SSSR count). The summed E-state index contributed by atoms with van der Waals surface area (Å²) in [6.07, 6.45) is -1.72. The van der Waals surface area contributed by atoms with Gasteiger partial charge in [0.25, 0.3) is 0 Å². The summed E-state index contributed by atoms with van der Waals surface area (Å²) >= 11 is 0. The Bertz CT molecular complexity index is 164. The van der Waals surface area contributed by atoms with Gasteiger partial charge in [0.15, 0.2) is 0 Å². The van der Waals surface area contributed by atoms with E-state index in [1.54, 1.807) is 0 Å². The predicted octanol–water partition coefficient (Wildman–Crippen LogP) is 1.62. The van der Waals surface area contributed by atoms with Gasteiger partial charge < -0.3 is 10.2 Å². The van der Waals surface area contributed by atoms with Crippen molar-refractivity contribution in [3.8, 4) is 0 Å². The summed E-state index contributed by atoms with van der Waals surface area (Å²) in [5.74, 6) is 0.